The summed E-state index contributed by atoms with van der Waals surface area (Å²) in [7, 11) is 0. The van der Waals surface area contributed by atoms with E-state index in [9.17, 15) is 14.2 Å². The Morgan fingerprint density at radius 3 is 3.00 bits per heavy atom. The Morgan fingerprint density at radius 1 is 1.36 bits per heavy atom. The fourth-order valence-corrected chi connectivity index (χ4v) is 8.00. The van der Waals surface area contributed by atoms with Gasteiger partial charge in [0.2, 0.25) is 5.95 Å². The standard InChI is InChI=1S/C20H23FN9O6PS2/c1-8-4-11-12(21)14(19(39-11)30-16-13(27-28-30)18(32)26-20(22)25-16)36-37(33,38)35-5-10(8)34-7-29-3-2-9-15(29)23-6-24-17(9)31/h2-3,6,8,10-12,14,19H,4-5,7H2,1H3,(H,33,38)(H,23,24,31)(H3,22,25,26,32)/t8?,10-,11?,12-,14-,19-,37?/m1/s1. The summed E-state index contributed by atoms with van der Waals surface area (Å²) in [5.41, 5.74) is 5.22. The summed E-state index contributed by atoms with van der Waals surface area (Å²) in [6.07, 6.45) is -0.179. The van der Waals surface area contributed by atoms with Gasteiger partial charge in [-0.25, -0.2) is 18.6 Å². The zero-order valence-corrected chi connectivity index (χ0v) is 22.8. The number of hydrogen-bond donors (Lipinski definition) is 4. The van der Waals surface area contributed by atoms with Gasteiger partial charge in [-0.1, -0.05) is 24.4 Å². The van der Waals surface area contributed by atoms with Gasteiger partial charge in [0, 0.05) is 11.4 Å². The van der Waals surface area contributed by atoms with Gasteiger partial charge in [0.25, 0.3) is 11.1 Å². The van der Waals surface area contributed by atoms with Crippen molar-refractivity contribution in [1.82, 2.24) is 39.5 Å². The number of anilines is 1. The predicted octanol–water partition coefficient (Wildman–Crippen LogP) is 1.61. The van der Waals surface area contributed by atoms with Crippen molar-refractivity contribution in [2.45, 2.75) is 49.1 Å². The number of fused-ring (bicyclic) bond motifs is 4. The molecule has 0 spiro atoms. The number of hydrogen-bond acceptors (Lipinski definition) is 12. The summed E-state index contributed by atoms with van der Waals surface area (Å²) in [6, 6.07) is 1.63. The van der Waals surface area contributed by atoms with Crippen LogP contribution < -0.4 is 16.9 Å². The zero-order chi connectivity index (χ0) is 27.5. The van der Waals surface area contributed by atoms with Crippen molar-refractivity contribution in [3.63, 3.8) is 0 Å². The Balaban J connectivity index is 1.27. The second kappa shape index (κ2) is 10.0. The number of alkyl halides is 1. The van der Waals surface area contributed by atoms with E-state index in [2.05, 4.69) is 42.5 Å². The number of thiol groups is 1. The molecule has 0 radical (unpaired) electrons. The monoisotopic (exact) mass is 599 g/mol. The van der Waals surface area contributed by atoms with E-state index in [1.165, 1.54) is 22.8 Å². The van der Waals surface area contributed by atoms with Crippen LogP contribution in [0.1, 0.15) is 18.7 Å². The lowest BCUT2D eigenvalue weighted by molar-refractivity contribution is -0.0547. The van der Waals surface area contributed by atoms with E-state index in [4.69, 9.17) is 19.5 Å². The number of nitrogens with one attached hydrogen (secondary N) is 2. The third-order valence-corrected chi connectivity index (χ3v) is 9.91. The van der Waals surface area contributed by atoms with E-state index in [1.54, 1.807) is 16.8 Å². The van der Waals surface area contributed by atoms with Crippen LogP contribution >= 0.6 is 30.8 Å². The topological polar surface area (TPSA) is 198 Å². The van der Waals surface area contributed by atoms with Crippen LogP contribution in [-0.2, 0) is 25.1 Å². The molecule has 19 heteroatoms. The number of aromatic nitrogens is 8. The maximum absolute atomic E-state index is 15.8. The van der Waals surface area contributed by atoms with Gasteiger partial charge < -0.3 is 20.0 Å². The van der Waals surface area contributed by atoms with Crippen LogP contribution in [0.4, 0.5) is 10.3 Å². The predicted molar refractivity (Wildman–Crippen MR) is 142 cm³/mol. The molecule has 6 rings (SSSR count). The molecule has 0 amide bonds. The van der Waals surface area contributed by atoms with E-state index < -0.39 is 41.4 Å². The minimum atomic E-state index is -4.08. The third-order valence-electron chi connectivity index (χ3n) is 6.74. The Hall–Kier alpha value is -2.76. The SMILES string of the molecule is CC1CC2S[C@@H](n3nnc4c(=O)[nH]c(N)nc43)[C@H](OP(=O)(S)OC[C@H]1OCn1ccc3c(=O)[nH]cnc31)[C@@H]2F. The van der Waals surface area contributed by atoms with Gasteiger partial charge in [0.1, 0.15) is 30.0 Å². The highest BCUT2D eigenvalue weighted by atomic mass is 32.7. The van der Waals surface area contributed by atoms with Crippen molar-refractivity contribution in [3.05, 3.63) is 39.3 Å². The number of rotatable bonds is 4. The molecular formula is C20H23FN9O6PS2. The Kier molecular flexibility index (Phi) is 6.79. The second-order valence-electron chi connectivity index (χ2n) is 9.30. The Bertz CT molecular complexity index is 1710. The molecule has 6 heterocycles. The van der Waals surface area contributed by atoms with E-state index in [0.29, 0.717) is 17.5 Å². The summed E-state index contributed by atoms with van der Waals surface area (Å²) in [4.78, 5) is 37.4. The molecule has 39 heavy (non-hydrogen) atoms. The maximum atomic E-state index is 15.8. The first-order valence-electron chi connectivity index (χ1n) is 11.8. The first-order valence-corrected chi connectivity index (χ1v) is 15.4. The second-order valence-corrected chi connectivity index (χ2v) is 13.5. The van der Waals surface area contributed by atoms with Crippen LogP contribution in [-0.4, -0.2) is 69.7 Å². The molecule has 2 aliphatic heterocycles. The number of nitrogens with two attached hydrogens (primary N) is 1. The minimum Gasteiger partial charge on any atom is -0.369 e. The van der Waals surface area contributed by atoms with Gasteiger partial charge in [0.15, 0.2) is 11.2 Å². The average molecular weight is 600 g/mol. The van der Waals surface area contributed by atoms with Gasteiger partial charge >= 0.3 is 6.80 Å². The molecule has 7 atom stereocenters. The molecule has 0 aromatic carbocycles. The molecule has 0 aliphatic carbocycles. The van der Waals surface area contributed by atoms with Crippen LogP contribution in [0.25, 0.3) is 22.2 Å². The van der Waals surface area contributed by atoms with Crippen molar-refractivity contribution in [3.8, 4) is 0 Å². The highest BCUT2D eigenvalue weighted by Crippen LogP contribution is 2.60. The lowest BCUT2D eigenvalue weighted by Gasteiger charge is -2.30. The number of nitrogen functional groups attached to an aromatic ring is 1. The molecule has 208 valence electrons. The summed E-state index contributed by atoms with van der Waals surface area (Å²) >= 11 is 5.27. The largest absolute Gasteiger partial charge is 0.386 e. The molecule has 2 saturated heterocycles. The highest BCUT2D eigenvalue weighted by Gasteiger charge is 2.51. The number of H-pyrrole nitrogens is 2. The minimum absolute atomic E-state index is 0.0186. The highest BCUT2D eigenvalue weighted by molar-refractivity contribution is 8.44. The first kappa shape index (κ1) is 26.5. The van der Waals surface area contributed by atoms with Crippen LogP contribution in [0.2, 0.25) is 0 Å². The normalized spacial score (nSPS) is 31.7. The Morgan fingerprint density at radius 2 is 2.18 bits per heavy atom. The van der Waals surface area contributed by atoms with Crippen molar-refractivity contribution >= 4 is 59.0 Å². The first-order chi connectivity index (χ1) is 18.6. The van der Waals surface area contributed by atoms with Crippen molar-refractivity contribution < 1.29 is 22.7 Å². The molecule has 2 aliphatic rings. The summed E-state index contributed by atoms with van der Waals surface area (Å²) < 4.78 is 49.2. The van der Waals surface area contributed by atoms with Crippen LogP contribution in [0, 0.1) is 5.92 Å². The number of nitrogens with zero attached hydrogens (tertiary/aromatic N) is 6. The summed E-state index contributed by atoms with van der Waals surface area (Å²) in [6.45, 7) is -2.32. The van der Waals surface area contributed by atoms with E-state index in [1.807, 2.05) is 6.92 Å². The quantitative estimate of drug-likeness (QED) is 0.196. The lowest BCUT2D eigenvalue weighted by atomic mass is 9.96. The molecule has 4 aromatic heterocycles. The van der Waals surface area contributed by atoms with Gasteiger partial charge in [-0.3, -0.25) is 23.6 Å². The van der Waals surface area contributed by atoms with Crippen LogP contribution in [0.15, 0.2) is 28.2 Å². The Labute approximate surface area is 227 Å². The van der Waals surface area contributed by atoms with Crippen LogP contribution in [0.3, 0.4) is 0 Å². The van der Waals surface area contributed by atoms with E-state index in [0.717, 1.165) is 0 Å². The molecule has 3 unspecified atom stereocenters. The van der Waals surface area contributed by atoms with E-state index >= 15 is 4.39 Å². The summed E-state index contributed by atoms with van der Waals surface area (Å²) in [5.74, 6) is -0.413. The van der Waals surface area contributed by atoms with Gasteiger partial charge in [-0.05, 0) is 18.4 Å². The molecule has 4 N–H and O–H groups in total. The average Bonchev–Trinajstić information content (AvgIpc) is 3.56. The zero-order valence-electron chi connectivity index (χ0n) is 20.2. The van der Waals surface area contributed by atoms with Crippen LogP contribution in [0.5, 0.6) is 0 Å². The van der Waals surface area contributed by atoms with Crippen molar-refractivity contribution in [2.75, 3.05) is 12.3 Å². The van der Waals surface area contributed by atoms with Crippen molar-refractivity contribution in [2.24, 2.45) is 5.92 Å². The number of thioether (sulfide) groups is 1. The molecule has 0 saturated carbocycles. The third kappa shape index (κ3) is 4.89. The number of aromatic amines is 2. The molecule has 2 bridgehead atoms. The summed E-state index contributed by atoms with van der Waals surface area (Å²) in [5, 5.41) is 6.77. The van der Waals surface area contributed by atoms with Gasteiger partial charge in [-0.15, -0.1) is 16.9 Å². The number of halogens is 1. The van der Waals surface area contributed by atoms with Gasteiger partial charge in [0.05, 0.1) is 24.4 Å². The molecule has 15 nitrogen and oxygen atoms in total. The molecule has 4 aromatic rings. The van der Waals surface area contributed by atoms with Crippen molar-refractivity contribution in [1.29, 1.82) is 0 Å². The van der Waals surface area contributed by atoms with E-state index in [-0.39, 0.29) is 41.9 Å². The molecule has 2 fully saturated rings. The lowest BCUT2D eigenvalue weighted by Crippen LogP contribution is -2.36. The number of ether oxygens (including phenoxy) is 1. The fourth-order valence-electron chi connectivity index (χ4n) is 4.76. The smallest absolute Gasteiger partial charge is 0.369 e. The van der Waals surface area contributed by atoms with Gasteiger partial charge in [-0.2, -0.15) is 4.98 Å². The fraction of sp³-hybridized carbons (Fsp3) is 0.500. The molecular weight excluding hydrogens is 576 g/mol. The maximum Gasteiger partial charge on any atom is 0.386 e.